The van der Waals surface area contributed by atoms with Gasteiger partial charge in [0.2, 0.25) is 0 Å². The molecule has 0 fully saturated rings. The maximum Gasteiger partial charge on any atom is 0.180 e. The molecular weight excluding hydrogens is 271 g/mol. The molecule has 5 heteroatoms. The Morgan fingerprint density at radius 3 is 3.06 bits per heavy atom. The number of nitrogen functional groups attached to an aromatic ring is 1. The lowest BCUT2D eigenvalue weighted by Gasteiger charge is -2.22. The maximum absolute atomic E-state index is 14.0. The van der Waals surface area contributed by atoms with Gasteiger partial charge < -0.3 is 5.73 Å². The highest BCUT2D eigenvalue weighted by atomic mass is 35.5. The van der Waals surface area contributed by atoms with Gasteiger partial charge in [-0.1, -0.05) is 17.7 Å². The summed E-state index contributed by atoms with van der Waals surface area (Å²) >= 11 is 7.60. The molecule has 1 heterocycles. The zero-order valence-corrected chi connectivity index (χ0v) is 11.2. The van der Waals surface area contributed by atoms with E-state index in [4.69, 9.17) is 17.3 Å². The Hall–Kier alpha value is -1.13. The Morgan fingerprint density at radius 2 is 2.28 bits per heavy atom. The minimum absolute atomic E-state index is 0.00255. The van der Waals surface area contributed by atoms with E-state index in [1.54, 1.807) is 12.1 Å². The number of anilines is 1. The predicted octanol–water partition coefficient (Wildman–Crippen LogP) is 3.99. The van der Waals surface area contributed by atoms with E-state index in [9.17, 15) is 4.39 Å². The van der Waals surface area contributed by atoms with Crippen LogP contribution < -0.4 is 5.73 Å². The van der Waals surface area contributed by atoms with Gasteiger partial charge in [-0.25, -0.2) is 9.37 Å². The van der Waals surface area contributed by atoms with Crippen LogP contribution in [0.4, 0.5) is 9.52 Å². The summed E-state index contributed by atoms with van der Waals surface area (Å²) in [5.41, 5.74) is 7.35. The van der Waals surface area contributed by atoms with Crippen molar-refractivity contribution in [2.24, 2.45) is 0 Å². The summed E-state index contributed by atoms with van der Waals surface area (Å²) in [5.74, 6) is -0.246. The van der Waals surface area contributed by atoms with Crippen LogP contribution in [0.2, 0.25) is 5.02 Å². The van der Waals surface area contributed by atoms with Crippen LogP contribution >= 0.6 is 22.9 Å². The molecule has 18 heavy (non-hydrogen) atoms. The van der Waals surface area contributed by atoms with Crippen molar-refractivity contribution in [3.05, 3.63) is 45.2 Å². The van der Waals surface area contributed by atoms with Crippen LogP contribution in [-0.2, 0) is 6.42 Å². The van der Waals surface area contributed by atoms with Gasteiger partial charge >= 0.3 is 0 Å². The van der Waals surface area contributed by atoms with Crippen LogP contribution in [0.3, 0.4) is 0 Å². The standard InChI is InChI=1S/C13H12ClFN2S/c14-8-4-2-5-9(15)11(8)7-3-1-6-10-12(7)18-13(16)17-10/h2,4-5,7H,1,3,6H2,(H2,16,17). The third-order valence-corrected chi connectivity index (χ3v) is 4.69. The Kier molecular flexibility index (Phi) is 2.99. The fraction of sp³-hybridized carbons (Fsp3) is 0.308. The number of aromatic nitrogens is 1. The van der Waals surface area contributed by atoms with E-state index in [1.165, 1.54) is 17.4 Å². The largest absolute Gasteiger partial charge is 0.375 e. The smallest absolute Gasteiger partial charge is 0.180 e. The van der Waals surface area contributed by atoms with Crippen molar-refractivity contribution >= 4 is 28.1 Å². The topological polar surface area (TPSA) is 38.9 Å². The van der Waals surface area contributed by atoms with Crippen molar-refractivity contribution in [3.8, 4) is 0 Å². The monoisotopic (exact) mass is 282 g/mol. The third kappa shape index (κ3) is 1.89. The first-order valence-electron chi connectivity index (χ1n) is 5.86. The molecule has 0 saturated heterocycles. The lowest BCUT2D eigenvalue weighted by molar-refractivity contribution is 0.561. The Bertz CT molecular complexity index is 576. The zero-order valence-electron chi connectivity index (χ0n) is 9.62. The Balaban J connectivity index is 2.14. The Morgan fingerprint density at radius 1 is 1.44 bits per heavy atom. The van der Waals surface area contributed by atoms with Crippen LogP contribution in [0, 0.1) is 5.82 Å². The number of thiazole rings is 1. The number of nitrogens with two attached hydrogens (primary N) is 1. The second-order valence-electron chi connectivity index (χ2n) is 4.44. The normalized spacial score (nSPS) is 18.7. The molecule has 94 valence electrons. The van der Waals surface area contributed by atoms with Gasteiger partial charge in [-0.3, -0.25) is 0 Å². The predicted molar refractivity (Wildman–Crippen MR) is 72.7 cm³/mol. The van der Waals surface area contributed by atoms with Gasteiger partial charge in [0.1, 0.15) is 5.82 Å². The summed E-state index contributed by atoms with van der Waals surface area (Å²) < 4.78 is 14.0. The fourth-order valence-electron chi connectivity index (χ4n) is 2.56. The minimum atomic E-state index is -0.243. The van der Waals surface area contributed by atoms with Crippen LogP contribution in [0.15, 0.2) is 18.2 Å². The number of hydrogen-bond donors (Lipinski definition) is 1. The van der Waals surface area contributed by atoms with E-state index in [1.807, 2.05) is 0 Å². The summed E-state index contributed by atoms with van der Waals surface area (Å²) in [6.07, 6.45) is 2.81. The van der Waals surface area contributed by atoms with Crippen LogP contribution in [-0.4, -0.2) is 4.98 Å². The molecule has 3 rings (SSSR count). The van der Waals surface area contributed by atoms with Crippen LogP contribution in [0.25, 0.3) is 0 Å². The van der Waals surface area contributed by atoms with Crippen molar-refractivity contribution < 1.29 is 4.39 Å². The first-order chi connectivity index (χ1) is 8.66. The lowest BCUT2D eigenvalue weighted by Crippen LogP contribution is -2.11. The van der Waals surface area contributed by atoms with Gasteiger partial charge in [-0.05, 0) is 31.4 Å². The first kappa shape index (κ1) is 11.9. The number of hydrogen-bond acceptors (Lipinski definition) is 3. The van der Waals surface area contributed by atoms with Gasteiger partial charge in [0.25, 0.3) is 0 Å². The summed E-state index contributed by atoms with van der Waals surface area (Å²) in [7, 11) is 0. The van der Waals surface area contributed by atoms with Crippen molar-refractivity contribution in [1.82, 2.24) is 4.98 Å². The maximum atomic E-state index is 14.0. The number of nitrogens with zero attached hydrogens (tertiary/aromatic N) is 1. The second-order valence-corrected chi connectivity index (χ2v) is 5.91. The lowest BCUT2D eigenvalue weighted by atomic mass is 9.86. The number of rotatable bonds is 1. The van der Waals surface area contributed by atoms with Gasteiger partial charge in [0, 0.05) is 21.4 Å². The molecule has 2 aromatic rings. The molecular formula is C13H12ClFN2S. The second kappa shape index (κ2) is 4.52. The molecule has 0 aliphatic heterocycles. The molecule has 1 aromatic carbocycles. The molecule has 1 aromatic heterocycles. The Labute approximate surface area is 114 Å². The zero-order chi connectivity index (χ0) is 12.7. The van der Waals surface area contributed by atoms with E-state index in [-0.39, 0.29) is 11.7 Å². The van der Waals surface area contributed by atoms with E-state index in [0.717, 1.165) is 29.8 Å². The summed E-state index contributed by atoms with van der Waals surface area (Å²) in [4.78, 5) is 5.39. The van der Waals surface area contributed by atoms with Gasteiger partial charge in [0.15, 0.2) is 5.13 Å². The van der Waals surface area contributed by atoms with Crippen molar-refractivity contribution in [1.29, 1.82) is 0 Å². The molecule has 2 nitrogen and oxygen atoms in total. The molecule has 0 radical (unpaired) electrons. The first-order valence-corrected chi connectivity index (χ1v) is 7.05. The van der Waals surface area contributed by atoms with Crippen molar-refractivity contribution in [2.45, 2.75) is 25.2 Å². The van der Waals surface area contributed by atoms with E-state index < -0.39 is 0 Å². The quantitative estimate of drug-likeness (QED) is 0.859. The third-order valence-electron chi connectivity index (χ3n) is 3.32. The highest BCUT2D eigenvalue weighted by Crippen LogP contribution is 2.43. The van der Waals surface area contributed by atoms with Crippen molar-refractivity contribution in [2.75, 3.05) is 5.73 Å². The summed E-state index contributed by atoms with van der Waals surface area (Å²) in [6.45, 7) is 0. The average Bonchev–Trinajstić information content (AvgIpc) is 2.70. The molecule has 1 atom stereocenters. The molecule has 0 saturated carbocycles. The van der Waals surface area contributed by atoms with Gasteiger partial charge in [0.05, 0.1) is 5.69 Å². The fourth-order valence-corrected chi connectivity index (χ4v) is 3.88. The SMILES string of the molecule is Nc1nc2c(s1)C(c1c(F)cccc1Cl)CCC2. The van der Waals surface area contributed by atoms with Gasteiger partial charge in [-0.15, -0.1) is 11.3 Å². The number of halogens is 2. The van der Waals surface area contributed by atoms with E-state index in [2.05, 4.69) is 4.98 Å². The summed E-state index contributed by atoms with van der Waals surface area (Å²) in [6, 6.07) is 4.82. The van der Waals surface area contributed by atoms with Crippen LogP contribution in [0.5, 0.6) is 0 Å². The van der Waals surface area contributed by atoms with E-state index in [0.29, 0.717) is 15.7 Å². The van der Waals surface area contributed by atoms with Crippen molar-refractivity contribution in [3.63, 3.8) is 0 Å². The number of aryl methyl sites for hydroxylation is 1. The number of fused-ring (bicyclic) bond motifs is 1. The molecule has 1 unspecified atom stereocenters. The van der Waals surface area contributed by atoms with Gasteiger partial charge in [-0.2, -0.15) is 0 Å². The summed E-state index contributed by atoms with van der Waals surface area (Å²) in [5, 5.41) is 1.04. The molecule has 2 N–H and O–H groups in total. The molecule has 1 aliphatic rings. The average molecular weight is 283 g/mol. The molecule has 1 aliphatic carbocycles. The molecule has 0 bridgehead atoms. The number of benzene rings is 1. The molecule has 0 amide bonds. The minimum Gasteiger partial charge on any atom is -0.375 e. The molecule has 0 spiro atoms. The highest BCUT2D eigenvalue weighted by molar-refractivity contribution is 7.15. The van der Waals surface area contributed by atoms with Crippen LogP contribution in [0.1, 0.15) is 34.9 Å². The highest BCUT2D eigenvalue weighted by Gasteiger charge is 2.28. The van der Waals surface area contributed by atoms with E-state index >= 15 is 0 Å².